The van der Waals surface area contributed by atoms with Crippen LogP contribution in [0.1, 0.15) is 49.1 Å². The first-order chi connectivity index (χ1) is 12.2. The van der Waals surface area contributed by atoms with Crippen LogP contribution in [0.5, 0.6) is 0 Å². The van der Waals surface area contributed by atoms with E-state index in [1.54, 1.807) is 0 Å². The van der Waals surface area contributed by atoms with Crippen LogP contribution in [0.4, 0.5) is 0 Å². The molecule has 3 fully saturated rings. The topological polar surface area (TPSA) is 64.4 Å². The van der Waals surface area contributed by atoms with E-state index in [2.05, 4.69) is 12.1 Å². The zero-order valence-electron chi connectivity index (χ0n) is 14.4. The lowest BCUT2D eigenvalue weighted by Crippen LogP contribution is -2.42. The second kappa shape index (κ2) is 6.51. The second-order valence-corrected chi connectivity index (χ2v) is 7.52. The molecule has 3 aliphatic rings. The van der Waals surface area contributed by atoms with Gasteiger partial charge in [0.25, 0.3) is 0 Å². The van der Waals surface area contributed by atoms with E-state index in [1.165, 1.54) is 5.56 Å². The van der Waals surface area contributed by atoms with Gasteiger partial charge in [-0.2, -0.15) is 5.26 Å². The van der Waals surface area contributed by atoms with E-state index in [0.717, 1.165) is 38.8 Å². The molecule has 25 heavy (non-hydrogen) atoms. The number of amides is 2. The molecule has 1 aliphatic carbocycles. The number of piperidine rings is 1. The van der Waals surface area contributed by atoms with E-state index in [9.17, 15) is 9.59 Å². The number of nitrogens with zero attached hydrogens (tertiary/aromatic N) is 3. The highest BCUT2D eigenvalue weighted by Gasteiger charge is 2.43. The minimum Gasteiger partial charge on any atom is -0.342 e. The minimum absolute atomic E-state index is 0.147. The number of nitriles is 1. The molecule has 0 bridgehead atoms. The second-order valence-electron chi connectivity index (χ2n) is 7.52. The summed E-state index contributed by atoms with van der Waals surface area (Å²) in [6.07, 6.45) is 4.43. The molecule has 1 saturated carbocycles. The van der Waals surface area contributed by atoms with Crippen molar-refractivity contribution in [2.75, 3.05) is 19.6 Å². The number of likely N-dealkylation sites (tertiary alicyclic amines) is 2. The Morgan fingerprint density at radius 2 is 1.92 bits per heavy atom. The lowest BCUT2D eigenvalue weighted by Gasteiger charge is -2.33. The maximum absolute atomic E-state index is 12.8. The van der Waals surface area contributed by atoms with Gasteiger partial charge in [-0.25, -0.2) is 0 Å². The third kappa shape index (κ3) is 3.26. The van der Waals surface area contributed by atoms with Crippen LogP contribution < -0.4 is 0 Å². The molecule has 1 aromatic rings. The van der Waals surface area contributed by atoms with Crippen LogP contribution in [-0.4, -0.2) is 47.3 Å². The van der Waals surface area contributed by atoms with Crippen molar-refractivity contribution in [3.63, 3.8) is 0 Å². The predicted molar refractivity (Wildman–Crippen MR) is 92.6 cm³/mol. The van der Waals surface area contributed by atoms with Crippen molar-refractivity contribution in [2.24, 2.45) is 5.92 Å². The molecule has 2 amide bonds. The fourth-order valence-corrected chi connectivity index (χ4v) is 4.19. The maximum Gasteiger partial charge on any atom is 0.227 e. The largest absolute Gasteiger partial charge is 0.342 e. The lowest BCUT2D eigenvalue weighted by atomic mass is 9.88. The first-order valence-electron chi connectivity index (χ1n) is 9.24. The molecule has 1 atom stereocenters. The predicted octanol–water partition coefficient (Wildman–Crippen LogP) is 2.28. The van der Waals surface area contributed by atoms with Crippen LogP contribution in [0.25, 0.3) is 0 Å². The number of hydrogen-bond acceptors (Lipinski definition) is 3. The van der Waals surface area contributed by atoms with Gasteiger partial charge in [-0.15, -0.1) is 0 Å². The average molecular weight is 337 g/mol. The molecular formula is C20H23N3O2. The molecule has 5 heteroatoms. The summed E-state index contributed by atoms with van der Waals surface area (Å²) in [5, 5.41) is 9.05. The SMILES string of the molecule is N#Cc1cccc(C2CCN(C(=O)C3CC(=O)N(C4CC4)C3)CC2)c1. The quantitative estimate of drug-likeness (QED) is 0.850. The monoisotopic (exact) mass is 337 g/mol. The van der Waals surface area contributed by atoms with Gasteiger partial charge in [0.2, 0.25) is 11.8 Å². The fraction of sp³-hybridized carbons (Fsp3) is 0.550. The first kappa shape index (κ1) is 16.1. The molecule has 1 aromatic carbocycles. The van der Waals surface area contributed by atoms with Gasteiger partial charge in [-0.3, -0.25) is 9.59 Å². The van der Waals surface area contributed by atoms with Crippen molar-refractivity contribution in [1.29, 1.82) is 5.26 Å². The van der Waals surface area contributed by atoms with Crippen molar-refractivity contribution in [3.05, 3.63) is 35.4 Å². The average Bonchev–Trinajstić information content (AvgIpc) is 3.43. The van der Waals surface area contributed by atoms with Crippen molar-refractivity contribution in [1.82, 2.24) is 9.80 Å². The van der Waals surface area contributed by atoms with Crippen LogP contribution in [-0.2, 0) is 9.59 Å². The first-order valence-corrected chi connectivity index (χ1v) is 9.24. The summed E-state index contributed by atoms with van der Waals surface area (Å²) in [5.74, 6) is 0.571. The molecule has 2 aliphatic heterocycles. The number of carbonyl (C=O) groups excluding carboxylic acids is 2. The minimum atomic E-state index is -0.147. The third-order valence-corrected chi connectivity index (χ3v) is 5.79. The van der Waals surface area contributed by atoms with E-state index >= 15 is 0 Å². The van der Waals surface area contributed by atoms with Crippen molar-refractivity contribution < 1.29 is 9.59 Å². The van der Waals surface area contributed by atoms with Gasteiger partial charge in [-0.1, -0.05) is 12.1 Å². The fourth-order valence-electron chi connectivity index (χ4n) is 4.19. The van der Waals surface area contributed by atoms with E-state index in [1.807, 2.05) is 28.0 Å². The molecular weight excluding hydrogens is 314 g/mol. The summed E-state index contributed by atoms with van der Waals surface area (Å²) in [6, 6.07) is 10.4. The van der Waals surface area contributed by atoms with Crippen molar-refractivity contribution in [2.45, 2.75) is 44.1 Å². The van der Waals surface area contributed by atoms with Gasteiger partial charge in [-0.05, 0) is 49.3 Å². The summed E-state index contributed by atoms with van der Waals surface area (Å²) in [5.41, 5.74) is 1.89. The van der Waals surface area contributed by atoms with Gasteiger partial charge < -0.3 is 9.80 Å². The van der Waals surface area contributed by atoms with Gasteiger partial charge >= 0.3 is 0 Å². The molecule has 130 valence electrons. The van der Waals surface area contributed by atoms with Crippen LogP contribution >= 0.6 is 0 Å². The molecule has 0 aromatic heterocycles. The molecule has 2 saturated heterocycles. The van der Waals surface area contributed by atoms with E-state index in [4.69, 9.17) is 5.26 Å². The van der Waals surface area contributed by atoms with Crippen LogP contribution in [0.15, 0.2) is 24.3 Å². The van der Waals surface area contributed by atoms with Crippen LogP contribution in [0, 0.1) is 17.2 Å². The maximum atomic E-state index is 12.8. The van der Waals surface area contributed by atoms with Gasteiger partial charge in [0.15, 0.2) is 0 Å². The Labute approximate surface area is 148 Å². The van der Waals surface area contributed by atoms with Gasteiger partial charge in [0.1, 0.15) is 0 Å². The zero-order valence-corrected chi connectivity index (χ0v) is 14.4. The standard InChI is InChI=1S/C20H23N3O2/c21-12-14-2-1-3-16(10-14)15-6-8-22(9-7-15)20(25)17-11-19(24)23(13-17)18-4-5-18/h1-3,10,15,17-18H,4-9,11,13H2. The van der Waals surface area contributed by atoms with Gasteiger partial charge in [0, 0.05) is 32.1 Å². The summed E-state index contributed by atoms with van der Waals surface area (Å²) in [4.78, 5) is 28.7. The number of hydrogen-bond donors (Lipinski definition) is 0. The summed E-state index contributed by atoms with van der Waals surface area (Å²) >= 11 is 0. The molecule has 5 nitrogen and oxygen atoms in total. The Bertz CT molecular complexity index is 727. The molecule has 1 unspecified atom stereocenters. The number of carbonyl (C=O) groups is 2. The highest BCUT2D eigenvalue weighted by molar-refractivity contribution is 5.89. The van der Waals surface area contributed by atoms with Crippen molar-refractivity contribution >= 4 is 11.8 Å². The van der Waals surface area contributed by atoms with E-state index in [0.29, 0.717) is 30.5 Å². The Kier molecular flexibility index (Phi) is 4.20. The summed E-state index contributed by atoms with van der Waals surface area (Å²) in [7, 11) is 0. The zero-order chi connectivity index (χ0) is 17.4. The van der Waals surface area contributed by atoms with Crippen LogP contribution in [0.3, 0.4) is 0 Å². The smallest absolute Gasteiger partial charge is 0.227 e. The Balaban J connectivity index is 1.34. The molecule has 2 heterocycles. The molecule has 0 spiro atoms. The summed E-state index contributed by atoms with van der Waals surface area (Å²) in [6.45, 7) is 2.11. The Morgan fingerprint density at radius 1 is 1.16 bits per heavy atom. The Morgan fingerprint density at radius 3 is 2.60 bits per heavy atom. The lowest BCUT2D eigenvalue weighted by molar-refractivity contribution is -0.136. The van der Waals surface area contributed by atoms with E-state index < -0.39 is 0 Å². The highest BCUT2D eigenvalue weighted by atomic mass is 16.2. The molecule has 4 rings (SSSR count). The normalized spacial score (nSPS) is 24.4. The third-order valence-electron chi connectivity index (χ3n) is 5.79. The van der Waals surface area contributed by atoms with E-state index in [-0.39, 0.29) is 17.7 Å². The Hall–Kier alpha value is -2.35. The molecule has 0 N–H and O–H groups in total. The van der Waals surface area contributed by atoms with Gasteiger partial charge in [0.05, 0.1) is 17.6 Å². The summed E-state index contributed by atoms with van der Waals surface area (Å²) < 4.78 is 0. The highest BCUT2D eigenvalue weighted by Crippen LogP contribution is 2.34. The van der Waals surface area contributed by atoms with Crippen molar-refractivity contribution in [3.8, 4) is 6.07 Å². The number of rotatable bonds is 3. The molecule has 0 radical (unpaired) electrons. The number of benzene rings is 1. The van der Waals surface area contributed by atoms with Crippen LogP contribution in [0.2, 0.25) is 0 Å².